The Labute approximate surface area is 73.5 Å². The number of hydrogen-bond donors (Lipinski definition) is 1. The summed E-state index contributed by atoms with van der Waals surface area (Å²) in [5.41, 5.74) is 5.57. The van der Waals surface area contributed by atoms with E-state index in [4.69, 9.17) is 5.73 Å². The largest absolute Gasteiger partial charge is 0.329 e. The first-order valence-corrected chi connectivity index (χ1v) is 5.03. The van der Waals surface area contributed by atoms with Crippen LogP contribution in [0.15, 0.2) is 0 Å². The summed E-state index contributed by atoms with van der Waals surface area (Å²) in [5.74, 6) is 0.860. The Bertz CT molecular complexity index is 190. The quantitative estimate of drug-likeness (QED) is 0.692. The van der Waals surface area contributed by atoms with Crippen LogP contribution in [0, 0.1) is 11.3 Å². The molecule has 2 N–H and O–H groups in total. The van der Waals surface area contributed by atoms with Gasteiger partial charge in [0.25, 0.3) is 0 Å². The normalized spacial score (nSPS) is 27.4. The Morgan fingerprint density at radius 3 is 2.33 bits per heavy atom. The predicted octanol–water partition coefficient (Wildman–Crippen LogP) is 1.48. The van der Waals surface area contributed by atoms with E-state index >= 15 is 0 Å². The van der Waals surface area contributed by atoms with Crippen LogP contribution in [0.1, 0.15) is 38.5 Å². The minimum Gasteiger partial charge on any atom is -0.329 e. The van der Waals surface area contributed by atoms with Gasteiger partial charge >= 0.3 is 0 Å². The number of nitrogens with two attached hydrogens (primary N) is 1. The first-order valence-electron chi connectivity index (χ1n) is 5.03. The highest BCUT2D eigenvalue weighted by atomic mass is 16.1. The van der Waals surface area contributed by atoms with Crippen molar-refractivity contribution in [2.75, 3.05) is 6.54 Å². The molecule has 2 rings (SSSR count). The second-order valence-electron chi connectivity index (χ2n) is 4.33. The molecule has 0 radical (unpaired) electrons. The molecule has 0 aromatic heterocycles. The molecule has 0 unspecified atom stereocenters. The highest BCUT2D eigenvalue weighted by Crippen LogP contribution is 2.49. The summed E-state index contributed by atoms with van der Waals surface area (Å²) < 4.78 is 0. The Balaban J connectivity index is 1.99. The van der Waals surface area contributed by atoms with Gasteiger partial charge in [-0.15, -0.1) is 0 Å². The molecule has 0 spiro atoms. The molecular formula is C10H17NO. The summed E-state index contributed by atoms with van der Waals surface area (Å²) in [6, 6.07) is 0. The number of carbonyl (C=O) groups excluding carboxylic acids is 1. The summed E-state index contributed by atoms with van der Waals surface area (Å²) in [5, 5.41) is 0. The molecule has 2 saturated carbocycles. The average molecular weight is 167 g/mol. The monoisotopic (exact) mass is 167 g/mol. The fraction of sp³-hybridized carbons (Fsp3) is 0.900. The van der Waals surface area contributed by atoms with Crippen molar-refractivity contribution >= 4 is 5.78 Å². The number of ketones is 1. The second kappa shape index (κ2) is 2.84. The average Bonchev–Trinajstić information content (AvgIpc) is 2.71. The van der Waals surface area contributed by atoms with Crippen LogP contribution >= 0.6 is 0 Å². The SMILES string of the molecule is NCC1(C(=O)C2CCCC2)CC1. The van der Waals surface area contributed by atoms with E-state index in [9.17, 15) is 4.79 Å². The van der Waals surface area contributed by atoms with Gasteiger partial charge in [-0.2, -0.15) is 0 Å². The Kier molecular flexibility index (Phi) is 1.95. The van der Waals surface area contributed by atoms with Crippen LogP contribution in [0.5, 0.6) is 0 Å². The molecule has 2 heteroatoms. The van der Waals surface area contributed by atoms with Gasteiger partial charge in [0.15, 0.2) is 0 Å². The lowest BCUT2D eigenvalue weighted by Crippen LogP contribution is -2.29. The third-order valence-electron chi connectivity index (χ3n) is 3.49. The summed E-state index contributed by atoms with van der Waals surface area (Å²) in [7, 11) is 0. The lowest BCUT2D eigenvalue weighted by atomic mass is 9.89. The molecule has 0 saturated heterocycles. The van der Waals surface area contributed by atoms with Crippen molar-refractivity contribution < 1.29 is 4.79 Å². The Morgan fingerprint density at radius 1 is 1.33 bits per heavy atom. The van der Waals surface area contributed by atoms with Gasteiger partial charge in [-0.1, -0.05) is 12.8 Å². The fourth-order valence-corrected chi connectivity index (χ4v) is 2.32. The van der Waals surface area contributed by atoms with Gasteiger partial charge in [0.05, 0.1) is 0 Å². The van der Waals surface area contributed by atoms with E-state index in [-0.39, 0.29) is 5.41 Å². The molecule has 68 valence electrons. The third kappa shape index (κ3) is 1.18. The highest BCUT2D eigenvalue weighted by molar-refractivity contribution is 5.89. The molecule has 2 aliphatic carbocycles. The first-order chi connectivity index (χ1) is 5.78. The standard InChI is InChI=1S/C10H17NO/c11-7-10(5-6-10)9(12)8-3-1-2-4-8/h8H,1-7,11H2. The van der Waals surface area contributed by atoms with Gasteiger partial charge in [-0.25, -0.2) is 0 Å². The van der Waals surface area contributed by atoms with E-state index in [0.717, 1.165) is 25.7 Å². The second-order valence-corrected chi connectivity index (χ2v) is 4.33. The highest BCUT2D eigenvalue weighted by Gasteiger charge is 2.50. The fourth-order valence-electron chi connectivity index (χ4n) is 2.32. The van der Waals surface area contributed by atoms with Crippen molar-refractivity contribution in [1.29, 1.82) is 0 Å². The summed E-state index contributed by atoms with van der Waals surface area (Å²) in [6.07, 6.45) is 6.85. The molecule has 2 fully saturated rings. The van der Waals surface area contributed by atoms with Crippen LogP contribution in [-0.4, -0.2) is 12.3 Å². The van der Waals surface area contributed by atoms with Gasteiger partial charge in [-0.3, -0.25) is 4.79 Å². The maximum absolute atomic E-state index is 11.9. The van der Waals surface area contributed by atoms with Crippen molar-refractivity contribution in [2.45, 2.75) is 38.5 Å². The number of carbonyl (C=O) groups is 1. The van der Waals surface area contributed by atoms with E-state index in [1.165, 1.54) is 12.8 Å². The zero-order chi connectivity index (χ0) is 8.60. The molecule has 2 nitrogen and oxygen atoms in total. The number of hydrogen-bond acceptors (Lipinski definition) is 2. The molecule has 0 heterocycles. The third-order valence-corrected chi connectivity index (χ3v) is 3.49. The lowest BCUT2D eigenvalue weighted by molar-refractivity contribution is -0.127. The maximum Gasteiger partial charge on any atom is 0.143 e. The van der Waals surface area contributed by atoms with Crippen LogP contribution in [0.4, 0.5) is 0 Å². The van der Waals surface area contributed by atoms with E-state index in [0.29, 0.717) is 18.2 Å². The predicted molar refractivity (Wildman–Crippen MR) is 47.7 cm³/mol. The van der Waals surface area contributed by atoms with Gasteiger partial charge in [-0.05, 0) is 25.7 Å². The zero-order valence-corrected chi connectivity index (χ0v) is 7.51. The first kappa shape index (κ1) is 8.24. The van der Waals surface area contributed by atoms with Crippen molar-refractivity contribution in [1.82, 2.24) is 0 Å². The van der Waals surface area contributed by atoms with Gasteiger partial charge in [0.1, 0.15) is 5.78 Å². The summed E-state index contributed by atoms with van der Waals surface area (Å²) in [4.78, 5) is 11.9. The molecule has 12 heavy (non-hydrogen) atoms. The number of rotatable bonds is 3. The van der Waals surface area contributed by atoms with E-state index < -0.39 is 0 Å². The summed E-state index contributed by atoms with van der Waals surface area (Å²) >= 11 is 0. The summed E-state index contributed by atoms with van der Waals surface area (Å²) in [6.45, 7) is 0.586. The molecule has 0 aromatic rings. The van der Waals surface area contributed by atoms with E-state index in [1.54, 1.807) is 0 Å². The minimum absolute atomic E-state index is 0.0466. The zero-order valence-electron chi connectivity index (χ0n) is 7.51. The van der Waals surface area contributed by atoms with Crippen molar-refractivity contribution in [3.8, 4) is 0 Å². The van der Waals surface area contributed by atoms with Crippen LogP contribution in [0.3, 0.4) is 0 Å². The van der Waals surface area contributed by atoms with Gasteiger partial charge < -0.3 is 5.73 Å². The van der Waals surface area contributed by atoms with Gasteiger partial charge in [0, 0.05) is 17.9 Å². The number of Topliss-reactive ketones (excluding diaryl/α,β-unsaturated/α-hetero) is 1. The molecule has 0 atom stereocenters. The van der Waals surface area contributed by atoms with Crippen LogP contribution in [-0.2, 0) is 4.79 Å². The van der Waals surface area contributed by atoms with E-state index in [1.807, 2.05) is 0 Å². The Hall–Kier alpha value is -0.370. The lowest BCUT2D eigenvalue weighted by Gasteiger charge is -2.15. The van der Waals surface area contributed by atoms with Crippen LogP contribution < -0.4 is 5.73 Å². The molecule has 0 bridgehead atoms. The molecule has 2 aliphatic rings. The maximum atomic E-state index is 11.9. The molecular weight excluding hydrogens is 150 g/mol. The van der Waals surface area contributed by atoms with Crippen LogP contribution in [0.2, 0.25) is 0 Å². The van der Waals surface area contributed by atoms with Crippen molar-refractivity contribution in [2.24, 2.45) is 17.1 Å². The Morgan fingerprint density at radius 2 is 1.92 bits per heavy atom. The van der Waals surface area contributed by atoms with E-state index in [2.05, 4.69) is 0 Å². The topological polar surface area (TPSA) is 43.1 Å². The van der Waals surface area contributed by atoms with Crippen molar-refractivity contribution in [3.05, 3.63) is 0 Å². The minimum atomic E-state index is -0.0466. The van der Waals surface area contributed by atoms with Crippen LogP contribution in [0.25, 0.3) is 0 Å². The smallest absolute Gasteiger partial charge is 0.143 e. The van der Waals surface area contributed by atoms with Crippen molar-refractivity contribution in [3.63, 3.8) is 0 Å². The molecule has 0 aromatic carbocycles. The van der Waals surface area contributed by atoms with Gasteiger partial charge in [0.2, 0.25) is 0 Å². The molecule has 0 amide bonds. The molecule has 0 aliphatic heterocycles.